The van der Waals surface area contributed by atoms with Crippen molar-refractivity contribution < 1.29 is 15.0 Å². The Balaban J connectivity index is 1.69. The zero-order valence-corrected chi connectivity index (χ0v) is 20.0. The lowest BCUT2D eigenvalue weighted by molar-refractivity contribution is 0.104. The largest absolute Gasteiger partial charge is 0.508 e. The molecule has 0 amide bonds. The third-order valence-electron chi connectivity index (χ3n) is 6.60. The Morgan fingerprint density at radius 2 is 1.55 bits per heavy atom. The lowest BCUT2D eigenvalue weighted by Gasteiger charge is -2.27. The van der Waals surface area contributed by atoms with Crippen LogP contribution in [0.2, 0.25) is 0 Å². The van der Waals surface area contributed by atoms with Crippen molar-refractivity contribution in [2.45, 2.75) is 33.6 Å². The fourth-order valence-electron chi connectivity index (χ4n) is 3.83. The predicted molar refractivity (Wildman–Crippen MR) is 138 cm³/mol. The van der Waals surface area contributed by atoms with Gasteiger partial charge in [0.05, 0.1) is 0 Å². The summed E-state index contributed by atoms with van der Waals surface area (Å²) >= 11 is 1.46. The molecule has 0 unspecified atom stereocenters. The van der Waals surface area contributed by atoms with Gasteiger partial charge in [0.25, 0.3) is 0 Å². The molecule has 0 aliphatic carbocycles. The number of hydrogen-bond donors (Lipinski definition) is 3. The smallest absolute Gasteiger partial charge is 0.195 e. The molecule has 3 N–H and O–H groups in total. The Hall–Kier alpha value is -3.31. The second-order valence-electron chi connectivity index (χ2n) is 8.81. The average molecular weight is 460 g/mol. The fraction of sp³-hybridized carbons (Fsp3) is 0.250. The van der Waals surface area contributed by atoms with Crippen molar-refractivity contribution in [2.24, 2.45) is 5.41 Å². The van der Waals surface area contributed by atoms with E-state index in [1.807, 2.05) is 36.4 Å². The van der Waals surface area contributed by atoms with Crippen LogP contribution in [0.3, 0.4) is 0 Å². The van der Waals surface area contributed by atoms with Crippen LogP contribution in [0.15, 0.2) is 66.7 Å². The molecule has 170 valence electrons. The summed E-state index contributed by atoms with van der Waals surface area (Å²) in [4.78, 5) is 14.5. The lowest BCUT2D eigenvalue weighted by atomic mass is 9.85. The highest BCUT2D eigenvalue weighted by Gasteiger charge is 2.22. The molecule has 3 aromatic carbocycles. The quantitative estimate of drug-likeness (QED) is 0.239. The summed E-state index contributed by atoms with van der Waals surface area (Å²) in [6.45, 7) is 7.59. The summed E-state index contributed by atoms with van der Waals surface area (Å²) in [6.07, 6.45) is 2.21. The standard InChI is InChI=1S/C28H29NO3S/c1-4-28(3,5-2)17-29-20-10-6-18(7-11-20)26(32)25-23-15-14-22(31)16-24(23)33-27(25)19-8-12-21(30)13-9-19/h6-16,29-31H,4-5,17H2,1-3H3. The minimum absolute atomic E-state index is 0.0616. The summed E-state index contributed by atoms with van der Waals surface area (Å²) < 4.78 is 0.845. The maximum absolute atomic E-state index is 13.7. The van der Waals surface area contributed by atoms with Crippen LogP contribution in [0.4, 0.5) is 5.69 Å². The number of anilines is 1. The Morgan fingerprint density at radius 1 is 0.909 bits per heavy atom. The van der Waals surface area contributed by atoms with E-state index >= 15 is 0 Å². The van der Waals surface area contributed by atoms with Crippen LogP contribution >= 0.6 is 11.3 Å². The molecule has 0 spiro atoms. The number of aromatic hydroxyl groups is 2. The molecule has 4 aromatic rings. The molecule has 1 aromatic heterocycles. The summed E-state index contributed by atoms with van der Waals surface area (Å²) in [5, 5.41) is 24.0. The lowest BCUT2D eigenvalue weighted by Crippen LogP contribution is -2.24. The van der Waals surface area contributed by atoms with Gasteiger partial charge in [0.2, 0.25) is 0 Å². The van der Waals surface area contributed by atoms with Crippen LogP contribution in [-0.2, 0) is 0 Å². The molecular formula is C28H29NO3S. The van der Waals surface area contributed by atoms with Gasteiger partial charge >= 0.3 is 0 Å². The normalized spacial score (nSPS) is 11.6. The maximum Gasteiger partial charge on any atom is 0.195 e. The van der Waals surface area contributed by atoms with Gasteiger partial charge in [-0.25, -0.2) is 0 Å². The topological polar surface area (TPSA) is 69.6 Å². The second-order valence-corrected chi connectivity index (χ2v) is 9.86. The van der Waals surface area contributed by atoms with E-state index in [1.54, 1.807) is 30.3 Å². The predicted octanol–water partition coefficient (Wildman–Crippen LogP) is 7.45. The minimum Gasteiger partial charge on any atom is -0.508 e. The Bertz CT molecular complexity index is 1270. The van der Waals surface area contributed by atoms with Crippen molar-refractivity contribution >= 4 is 32.9 Å². The van der Waals surface area contributed by atoms with Crippen LogP contribution in [0.5, 0.6) is 11.5 Å². The Morgan fingerprint density at radius 3 is 2.18 bits per heavy atom. The molecule has 0 aliphatic rings. The van der Waals surface area contributed by atoms with Crippen molar-refractivity contribution in [1.29, 1.82) is 0 Å². The minimum atomic E-state index is -0.0616. The van der Waals surface area contributed by atoms with Crippen LogP contribution in [0.1, 0.15) is 49.5 Å². The SMILES string of the molecule is CCC(C)(CC)CNc1ccc(C(=O)c2c(-c3ccc(O)cc3)sc3cc(O)ccc23)cc1. The zero-order valence-electron chi connectivity index (χ0n) is 19.2. The van der Waals surface area contributed by atoms with Gasteiger partial charge in [0, 0.05) is 38.3 Å². The first kappa shape index (κ1) is 22.9. The number of carbonyl (C=O) groups excluding carboxylic acids is 1. The summed E-state index contributed by atoms with van der Waals surface area (Å²) in [6, 6.07) is 19.6. The van der Waals surface area contributed by atoms with Gasteiger partial charge in [-0.15, -0.1) is 11.3 Å². The van der Waals surface area contributed by atoms with Crippen LogP contribution in [0, 0.1) is 5.41 Å². The van der Waals surface area contributed by atoms with Crippen LogP contribution < -0.4 is 5.32 Å². The summed E-state index contributed by atoms with van der Waals surface area (Å²) in [5.74, 6) is 0.283. The third kappa shape index (κ3) is 4.74. The van der Waals surface area contributed by atoms with Crippen LogP contribution in [0.25, 0.3) is 20.5 Å². The molecule has 4 nitrogen and oxygen atoms in total. The van der Waals surface area contributed by atoms with E-state index in [2.05, 4.69) is 26.1 Å². The van der Waals surface area contributed by atoms with Gasteiger partial charge in [-0.2, -0.15) is 0 Å². The number of thiophene rings is 1. The van der Waals surface area contributed by atoms with E-state index in [9.17, 15) is 15.0 Å². The highest BCUT2D eigenvalue weighted by Crippen LogP contribution is 2.41. The third-order valence-corrected chi connectivity index (χ3v) is 7.81. The van der Waals surface area contributed by atoms with Gasteiger partial charge in [-0.05, 0) is 90.6 Å². The van der Waals surface area contributed by atoms with E-state index in [1.165, 1.54) is 11.3 Å². The molecule has 0 aliphatic heterocycles. The van der Waals surface area contributed by atoms with E-state index in [0.717, 1.165) is 45.6 Å². The Labute approximate surface area is 198 Å². The number of phenols is 2. The molecule has 0 saturated carbocycles. The molecule has 5 heteroatoms. The van der Waals surface area contributed by atoms with E-state index in [4.69, 9.17) is 0 Å². The van der Waals surface area contributed by atoms with Crippen molar-refractivity contribution in [3.63, 3.8) is 0 Å². The zero-order chi connectivity index (χ0) is 23.6. The highest BCUT2D eigenvalue weighted by molar-refractivity contribution is 7.22. The number of ketones is 1. The van der Waals surface area contributed by atoms with Crippen molar-refractivity contribution in [3.05, 3.63) is 77.9 Å². The highest BCUT2D eigenvalue weighted by atomic mass is 32.1. The maximum atomic E-state index is 13.7. The molecule has 4 rings (SSSR count). The Kier molecular flexibility index (Phi) is 6.43. The molecule has 0 bridgehead atoms. The van der Waals surface area contributed by atoms with Crippen molar-refractivity contribution in [2.75, 3.05) is 11.9 Å². The number of phenolic OH excluding ortho intramolecular Hbond substituents is 2. The first-order chi connectivity index (χ1) is 15.8. The molecule has 0 saturated heterocycles. The number of rotatable bonds is 8. The molecule has 33 heavy (non-hydrogen) atoms. The first-order valence-electron chi connectivity index (χ1n) is 11.3. The number of nitrogens with one attached hydrogen (secondary N) is 1. The van der Waals surface area contributed by atoms with E-state index in [0.29, 0.717) is 11.1 Å². The fourth-order valence-corrected chi connectivity index (χ4v) is 5.06. The van der Waals surface area contributed by atoms with E-state index < -0.39 is 0 Å². The van der Waals surface area contributed by atoms with Gasteiger partial charge in [-0.3, -0.25) is 4.79 Å². The van der Waals surface area contributed by atoms with E-state index in [-0.39, 0.29) is 22.7 Å². The van der Waals surface area contributed by atoms with Gasteiger partial charge in [-0.1, -0.05) is 20.8 Å². The molecule has 0 atom stereocenters. The number of carbonyl (C=O) groups is 1. The van der Waals surface area contributed by atoms with Crippen molar-refractivity contribution in [1.82, 2.24) is 0 Å². The second kappa shape index (κ2) is 9.28. The van der Waals surface area contributed by atoms with Gasteiger partial charge in [0.1, 0.15) is 11.5 Å². The molecule has 0 radical (unpaired) electrons. The van der Waals surface area contributed by atoms with Crippen LogP contribution in [-0.4, -0.2) is 22.5 Å². The monoisotopic (exact) mass is 459 g/mol. The number of benzene rings is 3. The summed E-state index contributed by atoms with van der Waals surface area (Å²) in [5.41, 5.74) is 3.33. The molecule has 1 heterocycles. The number of hydrogen-bond acceptors (Lipinski definition) is 5. The average Bonchev–Trinajstić information content (AvgIpc) is 3.21. The van der Waals surface area contributed by atoms with Gasteiger partial charge < -0.3 is 15.5 Å². The first-order valence-corrected chi connectivity index (χ1v) is 12.1. The van der Waals surface area contributed by atoms with Gasteiger partial charge in [0.15, 0.2) is 5.78 Å². The summed E-state index contributed by atoms with van der Waals surface area (Å²) in [7, 11) is 0. The molecular weight excluding hydrogens is 430 g/mol. The van der Waals surface area contributed by atoms with Crippen molar-refractivity contribution in [3.8, 4) is 21.9 Å². The number of fused-ring (bicyclic) bond motifs is 1. The molecule has 0 fully saturated rings.